The molecule has 1 saturated carbocycles. The second-order valence-electron chi connectivity index (χ2n) is 5.39. The second kappa shape index (κ2) is 5.54. The third kappa shape index (κ3) is 2.65. The van der Waals surface area contributed by atoms with Gasteiger partial charge >= 0.3 is 0 Å². The van der Waals surface area contributed by atoms with Gasteiger partial charge in [0, 0.05) is 18.4 Å². The first-order valence-corrected chi connectivity index (χ1v) is 8.04. The molecule has 5 nitrogen and oxygen atoms in total. The quantitative estimate of drug-likeness (QED) is 0.913. The van der Waals surface area contributed by atoms with Gasteiger partial charge in [0.05, 0.1) is 0 Å². The predicted molar refractivity (Wildman–Crippen MR) is 76.7 cm³/mol. The lowest BCUT2D eigenvalue weighted by Crippen LogP contribution is -2.27. The molecule has 0 spiro atoms. The van der Waals surface area contributed by atoms with Gasteiger partial charge < -0.3 is 5.32 Å². The Morgan fingerprint density at radius 2 is 2.16 bits per heavy atom. The lowest BCUT2D eigenvalue weighted by molar-refractivity contribution is 0.558. The van der Waals surface area contributed by atoms with E-state index in [-0.39, 0.29) is 0 Å². The largest absolute Gasteiger partial charge is 0.314 e. The topological polar surface area (TPSA) is 55.1 Å². The molecule has 0 bridgehead atoms. The number of nitrogens with one attached hydrogen (secondary N) is 1. The summed E-state index contributed by atoms with van der Waals surface area (Å²) in [5, 5.41) is 17.9. The highest BCUT2D eigenvalue weighted by atomic mass is 32.1. The van der Waals surface area contributed by atoms with Crippen molar-refractivity contribution in [3.05, 3.63) is 10.8 Å². The highest BCUT2D eigenvalue weighted by Gasteiger charge is 2.24. The van der Waals surface area contributed by atoms with Gasteiger partial charge in [-0.05, 0) is 26.3 Å². The molecule has 3 rings (SSSR count). The smallest absolute Gasteiger partial charge is 0.234 e. The highest BCUT2D eigenvalue weighted by Crippen LogP contribution is 2.33. The fraction of sp³-hybridized carbons (Fsp3) is 0.769. The van der Waals surface area contributed by atoms with Crippen molar-refractivity contribution < 1.29 is 0 Å². The minimum absolute atomic E-state index is 0.462. The van der Waals surface area contributed by atoms with E-state index in [1.54, 1.807) is 11.3 Å². The van der Waals surface area contributed by atoms with Gasteiger partial charge in [-0.1, -0.05) is 31.1 Å². The van der Waals surface area contributed by atoms with Crippen molar-refractivity contribution >= 4 is 16.3 Å². The highest BCUT2D eigenvalue weighted by molar-refractivity contribution is 7.16. The number of fused-ring (bicyclic) bond motifs is 1. The van der Waals surface area contributed by atoms with Crippen LogP contribution in [0.5, 0.6) is 0 Å². The maximum atomic E-state index is 4.71. The van der Waals surface area contributed by atoms with E-state index < -0.39 is 0 Å². The number of hydrogen-bond donors (Lipinski definition) is 1. The summed E-state index contributed by atoms with van der Waals surface area (Å²) in [5.74, 6) is 1.64. The maximum Gasteiger partial charge on any atom is 0.234 e. The van der Waals surface area contributed by atoms with E-state index in [4.69, 9.17) is 5.10 Å². The summed E-state index contributed by atoms with van der Waals surface area (Å²) in [6.45, 7) is 5.33. The van der Waals surface area contributed by atoms with Gasteiger partial charge in [-0.25, -0.2) is 0 Å². The first-order valence-electron chi connectivity index (χ1n) is 7.22. The fourth-order valence-corrected chi connectivity index (χ4v) is 3.84. The summed E-state index contributed by atoms with van der Waals surface area (Å²) in [6.07, 6.45) is 6.07. The molecule has 2 aromatic heterocycles. The molecule has 19 heavy (non-hydrogen) atoms. The van der Waals surface area contributed by atoms with Crippen LogP contribution in [0.1, 0.15) is 56.3 Å². The SMILES string of the molecule is CCNC(C)Cc1nn2c(C3CCCC3)nnc2s1. The monoisotopic (exact) mass is 279 g/mol. The van der Waals surface area contributed by atoms with Gasteiger partial charge in [-0.15, -0.1) is 10.2 Å². The van der Waals surface area contributed by atoms with Crippen molar-refractivity contribution in [2.75, 3.05) is 6.54 Å². The summed E-state index contributed by atoms with van der Waals surface area (Å²) in [5.41, 5.74) is 0. The van der Waals surface area contributed by atoms with Crippen molar-refractivity contribution in [2.24, 2.45) is 0 Å². The van der Waals surface area contributed by atoms with Crippen molar-refractivity contribution in [1.82, 2.24) is 25.1 Å². The number of hydrogen-bond acceptors (Lipinski definition) is 5. The second-order valence-corrected chi connectivity index (χ2v) is 6.43. The third-order valence-corrected chi connectivity index (χ3v) is 4.73. The molecule has 1 atom stereocenters. The molecule has 0 amide bonds. The van der Waals surface area contributed by atoms with E-state index in [1.165, 1.54) is 25.7 Å². The Balaban J connectivity index is 1.81. The normalized spacial score (nSPS) is 18.4. The molecule has 2 heterocycles. The number of aromatic nitrogens is 4. The summed E-state index contributed by atoms with van der Waals surface area (Å²) < 4.78 is 1.98. The molecular weight excluding hydrogens is 258 g/mol. The Bertz CT molecular complexity index is 540. The Labute approximate surface area is 117 Å². The Hall–Kier alpha value is -1.01. The van der Waals surface area contributed by atoms with Crippen LogP contribution in [0.3, 0.4) is 0 Å². The van der Waals surface area contributed by atoms with Crippen LogP contribution < -0.4 is 5.32 Å². The molecule has 2 aromatic rings. The van der Waals surface area contributed by atoms with E-state index >= 15 is 0 Å². The van der Waals surface area contributed by atoms with E-state index in [2.05, 4.69) is 29.4 Å². The zero-order valence-corrected chi connectivity index (χ0v) is 12.4. The predicted octanol–water partition coefficient (Wildman–Crippen LogP) is 2.38. The molecular formula is C13H21N5S. The van der Waals surface area contributed by atoms with Crippen LogP contribution in [0.15, 0.2) is 0 Å². The summed E-state index contributed by atoms with van der Waals surface area (Å²) in [4.78, 5) is 0.945. The Morgan fingerprint density at radius 1 is 1.37 bits per heavy atom. The van der Waals surface area contributed by atoms with Crippen LogP contribution in [0.25, 0.3) is 4.96 Å². The van der Waals surface area contributed by atoms with Crippen molar-refractivity contribution in [3.8, 4) is 0 Å². The van der Waals surface area contributed by atoms with Gasteiger partial charge in [0.25, 0.3) is 0 Å². The maximum absolute atomic E-state index is 4.71. The molecule has 1 fully saturated rings. The molecule has 0 radical (unpaired) electrons. The van der Waals surface area contributed by atoms with Gasteiger partial charge in [0.2, 0.25) is 4.96 Å². The van der Waals surface area contributed by atoms with Crippen LogP contribution in [0, 0.1) is 0 Å². The Morgan fingerprint density at radius 3 is 2.89 bits per heavy atom. The summed E-state index contributed by atoms with van der Waals surface area (Å²) >= 11 is 1.67. The van der Waals surface area contributed by atoms with Crippen LogP contribution >= 0.6 is 11.3 Å². The molecule has 104 valence electrons. The first kappa shape index (κ1) is 13.0. The molecule has 1 aliphatic carbocycles. The fourth-order valence-electron chi connectivity index (χ4n) is 2.88. The van der Waals surface area contributed by atoms with Crippen LogP contribution in [0.2, 0.25) is 0 Å². The van der Waals surface area contributed by atoms with Crippen molar-refractivity contribution in [3.63, 3.8) is 0 Å². The van der Waals surface area contributed by atoms with Crippen molar-refractivity contribution in [1.29, 1.82) is 0 Å². The average Bonchev–Trinajstić information content (AvgIpc) is 3.03. The summed E-state index contributed by atoms with van der Waals surface area (Å²) in [7, 11) is 0. The lowest BCUT2D eigenvalue weighted by atomic mass is 10.1. The molecule has 6 heteroatoms. The molecule has 0 saturated heterocycles. The molecule has 0 aromatic carbocycles. The molecule has 1 N–H and O–H groups in total. The van der Waals surface area contributed by atoms with Gasteiger partial charge in [-0.2, -0.15) is 9.61 Å². The number of nitrogens with zero attached hydrogens (tertiary/aromatic N) is 4. The van der Waals surface area contributed by atoms with E-state index in [0.717, 1.165) is 28.8 Å². The van der Waals surface area contributed by atoms with E-state index in [1.807, 2.05) is 4.52 Å². The number of likely N-dealkylation sites (N-methyl/N-ethyl adjacent to an activating group) is 1. The van der Waals surface area contributed by atoms with Crippen LogP contribution in [0.4, 0.5) is 0 Å². The van der Waals surface area contributed by atoms with Crippen LogP contribution in [-0.4, -0.2) is 32.4 Å². The zero-order valence-electron chi connectivity index (χ0n) is 11.6. The minimum atomic E-state index is 0.462. The van der Waals surface area contributed by atoms with Gasteiger partial charge in [0.1, 0.15) is 5.01 Å². The first-order chi connectivity index (χ1) is 9.28. The van der Waals surface area contributed by atoms with E-state index in [0.29, 0.717) is 12.0 Å². The molecule has 1 aliphatic rings. The number of rotatable bonds is 5. The van der Waals surface area contributed by atoms with Crippen molar-refractivity contribution in [2.45, 2.75) is 57.9 Å². The minimum Gasteiger partial charge on any atom is -0.314 e. The van der Waals surface area contributed by atoms with Gasteiger partial charge in [0.15, 0.2) is 5.82 Å². The Kier molecular flexibility index (Phi) is 3.79. The third-order valence-electron chi connectivity index (χ3n) is 3.81. The van der Waals surface area contributed by atoms with Crippen LogP contribution in [-0.2, 0) is 6.42 Å². The molecule has 1 unspecified atom stereocenters. The van der Waals surface area contributed by atoms with Gasteiger partial charge in [-0.3, -0.25) is 0 Å². The molecule has 0 aliphatic heterocycles. The standard InChI is InChI=1S/C13H21N5S/c1-3-14-9(2)8-11-17-18-12(10-6-4-5-7-10)15-16-13(18)19-11/h9-10,14H,3-8H2,1-2H3. The van der Waals surface area contributed by atoms with E-state index in [9.17, 15) is 0 Å². The average molecular weight is 279 g/mol. The lowest BCUT2D eigenvalue weighted by Gasteiger charge is -2.09. The zero-order chi connectivity index (χ0) is 13.2. The summed E-state index contributed by atoms with van der Waals surface area (Å²) in [6, 6.07) is 0.462.